The molecule has 0 atom stereocenters. The summed E-state index contributed by atoms with van der Waals surface area (Å²) in [5.74, 6) is 2.36. The summed E-state index contributed by atoms with van der Waals surface area (Å²) in [6.07, 6.45) is 0. The molecule has 0 saturated heterocycles. The van der Waals surface area contributed by atoms with Crippen molar-refractivity contribution in [1.82, 2.24) is 10.6 Å². The number of ether oxygens (including phenoxy) is 1. The van der Waals surface area contributed by atoms with Crippen LogP contribution in [0.1, 0.15) is 25.0 Å². The van der Waals surface area contributed by atoms with Gasteiger partial charge in [-0.05, 0) is 30.0 Å². The molecular formula is C15H26IN3O. The van der Waals surface area contributed by atoms with Gasteiger partial charge in [0.25, 0.3) is 0 Å². The summed E-state index contributed by atoms with van der Waals surface area (Å²) >= 11 is 0. The van der Waals surface area contributed by atoms with Crippen LogP contribution < -0.4 is 15.4 Å². The number of aliphatic imine (C=N–C) groups is 1. The van der Waals surface area contributed by atoms with Crippen LogP contribution in [0.25, 0.3) is 0 Å². The molecule has 1 aromatic rings. The smallest absolute Gasteiger partial charge is 0.191 e. The second-order valence-electron chi connectivity index (χ2n) is 5.00. The van der Waals surface area contributed by atoms with Gasteiger partial charge in [0.15, 0.2) is 5.96 Å². The first kappa shape index (κ1) is 19.0. The summed E-state index contributed by atoms with van der Waals surface area (Å²) in [6.45, 7) is 8.07. The van der Waals surface area contributed by atoms with Crippen LogP contribution in [0.2, 0.25) is 0 Å². The minimum absolute atomic E-state index is 0. The zero-order valence-electron chi connectivity index (χ0n) is 13.0. The maximum Gasteiger partial charge on any atom is 0.191 e. The summed E-state index contributed by atoms with van der Waals surface area (Å²) < 4.78 is 5.26. The molecule has 0 saturated carbocycles. The van der Waals surface area contributed by atoms with E-state index >= 15 is 0 Å². The molecule has 0 spiro atoms. The molecular weight excluding hydrogens is 365 g/mol. The Hall–Kier alpha value is -0.980. The lowest BCUT2D eigenvalue weighted by atomic mass is 10.1. The highest BCUT2D eigenvalue weighted by Crippen LogP contribution is 2.18. The van der Waals surface area contributed by atoms with Crippen molar-refractivity contribution >= 4 is 29.9 Å². The number of halogens is 1. The zero-order chi connectivity index (χ0) is 14.3. The average molecular weight is 391 g/mol. The van der Waals surface area contributed by atoms with Crippen LogP contribution in [0.5, 0.6) is 5.75 Å². The molecule has 0 amide bonds. The Kier molecular flexibility index (Phi) is 9.37. The van der Waals surface area contributed by atoms with E-state index < -0.39 is 0 Å². The summed E-state index contributed by atoms with van der Waals surface area (Å²) in [5, 5.41) is 6.59. The fraction of sp³-hybridized carbons (Fsp3) is 0.533. The highest BCUT2D eigenvalue weighted by molar-refractivity contribution is 14.0. The molecule has 0 aliphatic heterocycles. The first-order valence-corrected chi connectivity index (χ1v) is 6.64. The van der Waals surface area contributed by atoms with E-state index in [4.69, 9.17) is 4.74 Å². The summed E-state index contributed by atoms with van der Waals surface area (Å²) in [7, 11) is 3.48. The molecule has 1 aromatic carbocycles. The Labute approximate surface area is 139 Å². The van der Waals surface area contributed by atoms with Gasteiger partial charge in [0.1, 0.15) is 5.75 Å². The van der Waals surface area contributed by atoms with Crippen molar-refractivity contribution in [3.05, 3.63) is 29.3 Å². The van der Waals surface area contributed by atoms with E-state index in [9.17, 15) is 0 Å². The van der Waals surface area contributed by atoms with Crippen LogP contribution in [0.15, 0.2) is 23.2 Å². The van der Waals surface area contributed by atoms with Gasteiger partial charge in [-0.1, -0.05) is 26.0 Å². The maximum absolute atomic E-state index is 5.26. The van der Waals surface area contributed by atoms with Crippen molar-refractivity contribution < 1.29 is 4.74 Å². The highest BCUT2D eigenvalue weighted by Gasteiger charge is 2.02. The van der Waals surface area contributed by atoms with E-state index in [0.29, 0.717) is 5.92 Å². The fourth-order valence-electron chi connectivity index (χ4n) is 1.76. The standard InChI is InChI=1S/C15H25N3O.HI/c1-11(2)9-17-15(16-4)18-10-13-6-7-14(19-5)12(3)8-13;/h6-8,11H,9-10H2,1-5H3,(H2,16,17,18);1H. The molecule has 4 nitrogen and oxygen atoms in total. The fourth-order valence-corrected chi connectivity index (χ4v) is 1.76. The van der Waals surface area contributed by atoms with E-state index in [1.807, 2.05) is 13.0 Å². The Morgan fingerprint density at radius 2 is 2.00 bits per heavy atom. The van der Waals surface area contributed by atoms with Crippen LogP contribution in [0.3, 0.4) is 0 Å². The van der Waals surface area contributed by atoms with Crippen molar-refractivity contribution in [1.29, 1.82) is 0 Å². The zero-order valence-corrected chi connectivity index (χ0v) is 15.3. The molecule has 20 heavy (non-hydrogen) atoms. The van der Waals surface area contributed by atoms with Gasteiger partial charge < -0.3 is 15.4 Å². The van der Waals surface area contributed by atoms with Crippen molar-refractivity contribution in [3.8, 4) is 5.75 Å². The third-order valence-corrected chi connectivity index (χ3v) is 2.82. The molecule has 0 unspecified atom stereocenters. The Morgan fingerprint density at radius 1 is 1.30 bits per heavy atom. The number of hydrogen-bond acceptors (Lipinski definition) is 2. The van der Waals surface area contributed by atoms with Gasteiger partial charge in [0, 0.05) is 20.1 Å². The lowest BCUT2D eigenvalue weighted by molar-refractivity contribution is 0.411. The predicted octanol–water partition coefficient (Wildman–Crippen LogP) is 2.94. The highest BCUT2D eigenvalue weighted by atomic mass is 127. The van der Waals surface area contributed by atoms with Crippen molar-refractivity contribution in [2.45, 2.75) is 27.3 Å². The molecule has 0 fully saturated rings. The Balaban J connectivity index is 0.00000361. The van der Waals surface area contributed by atoms with E-state index in [1.54, 1.807) is 14.2 Å². The Bertz CT molecular complexity index is 433. The lowest BCUT2D eigenvalue weighted by Crippen LogP contribution is -2.38. The number of hydrogen-bond donors (Lipinski definition) is 2. The largest absolute Gasteiger partial charge is 0.496 e. The third kappa shape index (κ3) is 6.45. The molecule has 1 rings (SSSR count). The number of methoxy groups -OCH3 is 1. The minimum atomic E-state index is 0. The molecule has 0 aromatic heterocycles. The molecule has 0 radical (unpaired) electrons. The molecule has 0 bridgehead atoms. The van der Waals surface area contributed by atoms with Gasteiger partial charge in [-0.25, -0.2) is 0 Å². The number of aryl methyl sites for hydroxylation is 1. The topological polar surface area (TPSA) is 45.7 Å². The normalized spacial score (nSPS) is 11.0. The molecule has 0 heterocycles. The van der Waals surface area contributed by atoms with E-state index in [1.165, 1.54) is 5.56 Å². The molecule has 0 aliphatic rings. The van der Waals surface area contributed by atoms with Gasteiger partial charge in [-0.2, -0.15) is 0 Å². The van der Waals surface area contributed by atoms with E-state index in [0.717, 1.165) is 30.4 Å². The average Bonchev–Trinajstić information content (AvgIpc) is 2.39. The van der Waals surface area contributed by atoms with Crippen molar-refractivity contribution in [3.63, 3.8) is 0 Å². The third-order valence-electron chi connectivity index (χ3n) is 2.82. The molecule has 2 N–H and O–H groups in total. The summed E-state index contributed by atoms with van der Waals surface area (Å²) in [6, 6.07) is 6.19. The van der Waals surface area contributed by atoms with Crippen LogP contribution in [-0.2, 0) is 6.54 Å². The minimum Gasteiger partial charge on any atom is -0.496 e. The van der Waals surface area contributed by atoms with Gasteiger partial charge in [0.2, 0.25) is 0 Å². The van der Waals surface area contributed by atoms with Gasteiger partial charge >= 0.3 is 0 Å². The summed E-state index contributed by atoms with van der Waals surface area (Å²) in [4.78, 5) is 4.20. The summed E-state index contributed by atoms with van der Waals surface area (Å²) in [5.41, 5.74) is 2.36. The first-order chi connectivity index (χ1) is 9.06. The quantitative estimate of drug-likeness (QED) is 0.461. The molecule has 5 heteroatoms. The second-order valence-corrected chi connectivity index (χ2v) is 5.00. The Morgan fingerprint density at radius 3 is 2.50 bits per heavy atom. The lowest BCUT2D eigenvalue weighted by Gasteiger charge is -2.14. The SMILES string of the molecule is CN=C(NCc1ccc(OC)c(C)c1)NCC(C)C.I. The van der Waals surface area contributed by atoms with Crippen molar-refractivity contribution in [2.75, 3.05) is 20.7 Å². The number of rotatable bonds is 5. The van der Waals surface area contributed by atoms with Gasteiger partial charge in [-0.3, -0.25) is 4.99 Å². The predicted molar refractivity (Wildman–Crippen MR) is 96.2 cm³/mol. The van der Waals surface area contributed by atoms with Gasteiger partial charge in [-0.15, -0.1) is 24.0 Å². The number of guanidine groups is 1. The van der Waals surface area contributed by atoms with Crippen molar-refractivity contribution in [2.24, 2.45) is 10.9 Å². The van der Waals surface area contributed by atoms with E-state index in [2.05, 4.69) is 41.6 Å². The molecule has 0 aliphatic carbocycles. The van der Waals surface area contributed by atoms with Gasteiger partial charge in [0.05, 0.1) is 7.11 Å². The first-order valence-electron chi connectivity index (χ1n) is 6.64. The van der Waals surface area contributed by atoms with E-state index in [-0.39, 0.29) is 24.0 Å². The van der Waals surface area contributed by atoms with Crippen LogP contribution in [0, 0.1) is 12.8 Å². The monoisotopic (exact) mass is 391 g/mol. The second kappa shape index (κ2) is 9.85. The van der Waals surface area contributed by atoms with Crippen LogP contribution in [0.4, 0.5) is 0 Å². The molecule has 114 valence electrons. The number of nitrogens with zero attached hydrogens (tertiary/aromatic N) is 1. The van der Waals surface area contributed by atoms with Crippen LogP contribution >= 0.6 is 24.0 Å². The van der Waals surface area contributed by atoms with Crippen LogP contribution in [-0.4, -0.2) is 26.7 Å². The number of benzene rings is 1. The maximum atomic E-state index is 5.26. The number of nitrogens with one attached hydrogen (secondary N) is 2.